The van der Waals surface area contributed by atoms with Crippen LogP contribution in [-0.2, 0) is 6.54 Å². The molecule has 1 aliphatic heterocycles. The molecule has 0 amide bonds. The van der Waals surface area contributed by atoms with Crippen LogP contribution in [0, 0.1) is 0 Å². The van der Waals surface area contributed by atoms with Gasteiger partial charge in [0.25, 0.3) is 0 Å². The number of hydrogen-bond donors (Lipinski definition) is 0. The van der Waals surface area contributed by atoms with Gasteiger partial charge in [-0.25, -0.2) is 0 Å². The number of nitrogens with zero attached hydrogens (tertiary/aromatic N) is 2. The lowest BCUT2D eigenvalue weighted by Gasteiger charge is -2.10. The van der Waals surface area contributed by atoms with E-state index in [2.05, 4.69) is 42.5 Å². The maximum absolute atomic E-state index is 6.24. The molecule has 2 aromatic rings. The van der Waals surface area contributed by atoms with Crippen molar-refractivity contribution < 1.29 is 0 Å². The van der Waals surface area contributed by atoms with Crippen molar-refractivity contribution in [2.24, 2.45) is 0 Å². The molecule has 2 atom stereocenters. The Morgan fingerprint density at radius 3 is 3.16 bits per heavy atom. The van der Waals surface area contributed by atoms with Crippen LogP contribution in [0.25, 0.3) is 0 Å². The summed E-state index contributed by atoms with van der Waals surface area (Å²) in [4.78, 5) is 1.42. The van der Waals surface area contributed by atoms with Crippen LogP contribution >= 0.6 is 23.4 Å². The number of hydrogen-bond acceptors (Lipinski definition) is 2. The zero-order chi connectivity index (χ0) is 13.2. The van der Waals surface area contributed by atoms with E-state index in [0.717, 1.165) is 24.3 Å². The van der Waals surface area contributed by atoms with Gasteiger partial charge >= 0.3 is 0 Å². The minimum Gasteiger partial charge on any atom is -0.272 e. The molecule has 0 saturated heterocycles. The topological polar surface area (TPSA) is 17.8 Å². The van der Waals surface area contributed by atoms with Gasteiger partial charge in [0.1, 0.15) is 0 Å². The van der Waals surface area contributed by atoms with E-state index in [9.17, 15) is 0 Å². The van der Waals surface area contributed by atoms with Gasteiger partial charge in [0.15, 0.2) is 0 Å². The van der Waals surface area contributed by atoms with E-state index in [0.29, 0.717) is 5.92 Å². The molecular formula is C15H17ClN2S. The molecule has 0 spiro atoms. The van der Waals surface area contributed by atoms with Crippen molar-refractivity contribution >= 4 is 23.4 Å². The molecule has 4 heteroatoms. The maximum atomic E-state index is 6.24. The largest absolute Gasteiger partial charge is 0.272 e. The van der Waals surface area contributed by atoms with Crippen LogP contribution in [0.2, 0.25) is 0 Å². The quantitative estimate of drug-likeness (QED) is 0.774. The van der Waals surface area contributed by atoms with Crippen LogP contribution in [0.4, 0.5) is 0 Å². The molecule has 1 aromatic carbocycles. The first-order valence-electron chi connectivity index (χ1n) is 6.66. The fourth-order valence-corrected chi connectivity index (χ4v) is 3.84. The number of rotatable bonds is 4. The molecule has 0 bridgehead atoms. The fraction of sp³-hybridized carbons (Fsp3) is 0.400. The van der Waals surface area contributed by atoms with Gasteiger partial charge in [-0.2, -0.15) is 5.10 Å². The Kier molecular flexibility index (Phi) is 3.85. The highest BCUT2D eigenvalue weighted by atomic mass is 35.5. The molecule has 0 radical (unpaired) electrons. The van der Waals surface area contributed by atoms with Gasteiger partial charge in [-0.15, -0.1) is 23.4 Å². The molecule has 1 aromatic heterocycles. The highest BCUT2D eigenvalue weighted by Gasteiger charge is 2.23. The third-order valence-electron chi connectivity index (χ3n) is 3.58. The monoisotopic (exact) mass is 292 g/mol. The normalized spacial score (nSPS) is 19.4. The number of halogens is 1. The van der Waals surface area contributed by atoms with Crippen molar-refractivity contribution in [2.75, 3.05) is 5.75 Å². The number of benzene rings is 1. The van der Waals surface area contributed by atoms with Crippen molar-refractivity contribution in [3.63, 3.8) is 0 Å². The standard InChI is InChI=1S/C15H17ClN2S/c1-2-14(16)11-7-17-18(8-11)9-12-10-19-15-6-4-3-5-13(12)15/h3-8,12,14H,2,9-10H2,1H3. The van der Waals surface area contributed by atoms with Gasteiger partial charge in [-0.1, -0.05) is 25.1 Å². The van der Waals surface area contributed by atoms with Crippen LogP contribution in [0.1, 0.15) is 35.8 Å². The number of aromatic nitrogens is 2. The minimum absolute atomic E-state index is 0.0824. The Morgan fingerprint density at radius 1 is 1.47 bits per heavy atom. The van der Waals surface area contributed by atoms with Crippen LogP contribution in [0.15, 0.2) is 41.6 Å². The molecule has 3 rings (SSSR count). The van der Waals surface area contributed by atoms with Gasteiger partial charge in [0, 0.05) is 34.9 Å². The van der Waals surface area contributed by atoms with E-state index in [1.165, 1.54) is 10.5 Å². The first-order chi connectivity index (χ1) is 9.28. The zero-order valence-corrected chi connectivity index (χ0v) is 12.5. The zero-order valence-electron chi connectivity index (χ0n) is 10.9. The predicted octanol–water partition coefficient (Wildman–Crippen LogP) is 4.46. The Bertz CT molecular complexity index is 567. The summed E-state index contributed by atoms with van der Waals surface area (Å²) < 4.78 is 2.04. The van der Waals surface area contributed by atoms with E-state index in [4.69, 9.17) is 11.6 Å². The Hall–Kier alpha value is -0.930. The van der Waals surface area contributed by atoms with E-state index in [-0.39, 0.29) is 5.38 Å². The SMILES string of the molecule is CCC(Cl)c1cnn(CC2CSc3ccccc32)c1. The van der Waals surface area contributed by atoms with E-state index < -0.39 is 0 Å². The lowest BCUT2D eigenvalue weighted by atomic mass is 10.0. The smallest absolute Gasteiger partial charge is 0.0613 e. The summed E-state index contributed by atoms with van der Waals surface area (Å²) in [6, 6.07) is 8.68. The molecule has 0 fully saturated rings. The third kappa shape index (κ3) is 2.67. The molecule has 0 N–H and O–H groups in total. The molecule has 2 nitrogen and oxygen atoms in total. The van der Waals surface area contributed by atoms with Crippen molar-refractivity contribution in [3.05, 3.63) is 47.8 Å². The van der Waals surface area contributed by atoms with Crippen molar-refractivity contribution in [1.82, 2.24) is 9.78 Å². The average Bonchev–Trinajstić information content (AvgIpc) is 3.06. The summed E-state index contributed by atoms with van der Waals surface area (Å²) in [6.07, 6.45) is 4.93. The Labute approximate surface area is 123 Å². The van der Waals surface area contributed by atoms with E-state index in [1.54, 1.807) is 0 Å². The van der Waals surface area contributed by atoms with E-state index in [1.807, 2.05) is 22.6 Å². The Balaban J connectivity index is 1.74. The summed E-state index contributed by atoms with van der Waals surface area (Å²) in [7, 11) is 0. The predicted molar refractivity (Wildman–Crippen MR) is 81.0 cm³/mol. The maximum Gasteiger partial charge on any atom is 0.0613 e. The fourth-order valence-electron chi connectivity index (χ4n) is 2.48. The molecule has 1 aliphatic rings. The third-order valence-corrected chi connectivity index (χ3v) is 5.39. The molecular weight excluding hydrogens is 276 g/mol. The van der Waals surface area contributed by atoms with Gasteiger partial charge in [-0.3, -0.25) is 4.68 Å². The summed E-state index contributed by atoms with van der Waals surface area (Å²) in [5.41, 5.74) is 2.59. The summed E-state index contributed by atoms with van der Waals surface area (Å²) in [5.74, 6) is 1.71. The van der Waals surface area contributed by atoms with Crippen LogP contribution in [-0.4, -0.2) is 15.5 Å². The molecule has 2 unspecified atom stereocenters. The molecule has 0 aliphatic carbocycles. The first-order valence-corrected chi connectivity index (χ1v) is 8.08. The van der Waals surface area contributed by atoms with Crippen molar-refractivity contribution in [2.45, 2.75) is 36.1 Å². The summed E-state index contributed by atoms with van der Waals surface area (Å²) >= 11 is 8.19. The summed E-state index contributed by atoms with van der Waals surface area (Å²) in [6.45, 7) is 3.04. The molecule has 2 heterocycles. The van der Waals surface area contributed by atoms with Crippen LogP contribution in [0.5, 0.6) is 0 Å². The number of thioether (sulfide) groups is 1. The lowest BCUT2D eigenvalue weighted by molar-refractivity contribution is 0.549. The van der Waals surface area contributed by atoms with Gasteiger partial charge < -0.3 is 0 Å². The second-order valence-corrected chi connectivity index (χ2v) is 6.51. The first kappa shape index (κ1) is 13.1. The van der Waals surface area contributed by atoms with Crippen molar-refractivity contribution in [1.29, 1.82) is 0 Å². The van der Waals surface area contributed by atoms with E-state index >= 15 is 0 Å². The van der Waals surface area contributed by atoms with Gasteiger partial charge in [-0.05, 0) is 18.1 Å². The minimum atomic E-state index is 0.0824. The van der Waals surface area contributed by atoms with Crippen LogP contribution < -0.4 is 0 Å². The second-order valence-electron chi connectivity index (χ2n) is 4.92. The Morgan fingerprint density at radius 2 is 2.32 bits per heavy atom. The second kappa shape index (κ2) is 5.59. The molecule has 0 saturated carbocycles. The lowest BCUT2D eigenvalue weighted by Crippen LogP contribution is -2.09. The van der Waals surface area contributed by atoms with Gasteiger partial charge in [0.2, 0.25) is 0 Å². The van der Waals surface area contributed by atoms with Crippen LogP contribution in [0.3, 0.4) is 0 Å². The van der Waals surface area contributed by atoms with Crippen molar-refractivity contribution in [3.8, 4) is 0 Å². The molecule has 19 heavy (non-hydrogen) atoms. The van der Waals surface area contributed by atoms with Gasteiger partial charge in [0.05, 0.1) is 11.6 Å². The number of alkyl halides is 1. The average molecular weight is 293 g/mol. The number of fused-ring (bicyclic) bond motifs is 1. The molecule has 100 valence electrons. The summed E-state index contributed by atoms with van der Waals surface area (Å²) in [5, 5.41) is 4.53. The highest BCUT2D eigenvalue weighted by Crippen LogP contribution is 2.40. The highest BCUT2D eigenvalue weighted by molar-refractivity contribution is 7.99.